The van der Waals surface area contributed by atoms with E-state index < -0.39 is 11.6 Å². The van der Waals surface area contributed by atoms with Gasteiger partial charge in [0.15, 0.2) is 11.6 Å². The second kappa shape index (κ2) is 11.6. The van der Waals surface area contributed by atoms with Crippen LogP contribution in [0.15, 0.2) is 42.5 Å². The Labute approximate surface area is 186 Å². The van der Waals surface area contributed by atoms with Gasteiger partial charge in [0.05, 0.1) is 6.61 Å². The zero-order valence-electron chi connectivity index (χ0n) is 18.0. The molecule has 8 heteroatoms. The summed E-state index contributed by atoms with van der Waals surface area (Å²) < 4.78 is 31.6. The molecule has 32 heavy (non-hydrogen) atoms. The number of primary amides is 1. The van der Waals surface area contributed by atoms with Crippen molar-refractivity contribution in [3.63, 3.8) is 0 Å². The van der Waals surface area contributed by atoms with E-state index in [4.69, 9.17) is 10.5 Å². The molecule has 1 saturated heterocycles. The third-order valence-electron chi connectivity index (χ3n) is 5.64. The number of nitrogens with one attached hydrogen (secondary N) is 1. The van der Waals surface area contributed by atoms with Gasteiger partial charge in [0.25, 0.3) is 0 Å². The summed E-state index contributed by atoms with van der Waals surface area (Å²) in [7, 11) is 0. The molecule has 2 aromatic carbocycles. The van der Waals surface area contributed by atoms with Crippen molar-refractivity contribution in [1.82, 2.24) is 4.90 Å². The maximum Gasteiger partial charge on any atom is 0.224 e. The molecule has 2 aromatic rings. The molecule has 0 radical (unpaired) electrons. The smallest absolute Gasteiger partial charge is 0.224 e. The SMILES string of the molecule is NC(=O)C1CCN(CCc2ccc(NC(=O)CCCOc3ccc(F)cc3F)cc2)CC1. The fourth-order valence-corrected chi connectivity index (χ4v) is 3.71. The fraction of sp³-hybridized carbons (Fsp3) is 0.417. The number of benzene rings is 2. The molecule has 6 nitrogen and oxygen atoms in total. The van der Waals surface area contributed by atoms with Gasteiger partial charge in [-0.05, 0) is 68.6 Å². The van der Waals surface area contributed by atoms with Gasteiger partial charge in [-0.3, -0.25) is 9.59 Å². The molecule has 2 amide bonds. The van der Waals surface area contributed by atoms with Crippen LogP contribution in [-0.2, 0) is 16.0 Å². The summed E-state index contributed by atoms with van der Waals surface area (Å²) in [6.45, 7) is 2.86. The Morgan fingerprint density at radius 2 is 1.81 bits per heavy atom. The van der Waals surface area contributed by atoms with Gasteiger partial charge in [0, 0.05) is 30.6 Å². The number of hydrogen-bond acceptors (Lipinski definition) is 4. The zero-order valence-corrected chi connectivity index (χ0v) is 18.0. The fourth-order valence-electron chi connectivity index (χ4n) is 3.71. The first-order chi connectivity index (χ1) is 15.4. The molecule has 0 spiro atoms. The number of piperidine rings is 1. The van der Waals surface area contributed by atoms with Gasteiger partial charge in [-0.25, -0.2) is 8.78 Å². The number of nitrogens with zero attached hydrogens (tertiary/aromatic N) is 1. The number of anilines is 1. The Balaban J connectivity index is 1.33. The third kappa shape index (κ3) is 7.30. The van der Waals surface area contributed by atoms with Crippen molar-refractivity contribution < 1.29 is 23.1 Å². The minimum Gasteiger partial charge on any atom is -0.491 e. The Kier molecular flexibility index (Phi) is 8.56. The highest BCUT2D eigenvalue weighted by molar-refractivity contribution is 5.90. The van der Waals surface area contributed by atoms with Crippen LogP contribution >= 0.6 is 0 Å². The zero-order chi connectivity index (χ0) is 22.9. The van der Waals surface area contributed by atoms with Crippen molar-refractivity contribution in [2.24, 2.45) is 11.7 Å². The topological polar surface area (TPSA) is 84.7 Å². The quantitative estimate of drug-likeness (QED) is 0.548. The van der Waals surface area contributed by atoms with E-state index in [1.807, 2.05) is 24.3 Å². The maximum atomic E-state index is 13.5. The van der Waals surface area contributed by atoms with Crippen molar-refractivity contribution in [2.45, 2.75) is 32.1 Å². The minimum absolute atomic E-state index is 0.00443. The minimum atomic E-state index is -0.760. The lowest BCUT2D eigenvalue weighted by atomic mass is 9.96. The van der Waals surface area contributed by atoms with Gasteiger partial charge in [-0.2, -0.15) is 0 Å². The third-order valence-corrected chi connectivity index (χ3v) is 5.64. The molecule has 0 bridgehead atoms. The first-order valence-corrected chi connectivity index (χ1v) is 10.9. The molecule has 3 N–H and O–H groups in total. The number of nitrogens with two attached hydrogens (primary N) is 1. The van der Waals surface area contributed by atoms with E-state index in [0.29, 0.717) is 12.1 Å². The molecule has 1 fully saturated rings. The number of ether oxygens (including phenoxy) is 1. The molecule has 0 aliphatic carbocycles. The summed E-state index contributed by atoms with van der Waals surface area (Å²) in [5.41, 5.74) is 7.27. The molecule has 1 heterocycles. The van der Waals surface area contributed by atoms with Gasteiger partial charge in [-0.15, -0.1) is 0 Å². The number of carbonyl (C=O) groups excluding carboxylic acids is 2. The Bertz CT molecular complexity index is 913. The summed E-state index contributed by atoms with van der Waals surface area (Å²) in [4.78, 5) is 25.7. The maximum absolute atomic E-state index is 13.5. The van der Waals surface area contributed by atoms with E-state index in [0.717, 1.165) is 51.0 Å². The predicted octanol–water partition coefficient (Wildman–Crippen LogP) is 3.50. The van der Waals surface area contributed by atoms with E-state index in [-0.39, 0.29) is 36.5 Å². The van der Waals surface area contributed by atoms with Crippen LogP contribution in [0.2, 0.25) is 0 Å². The van der Waals surface area contributed by atoms with Crippen molar-refractivity contribution >= 4 is 17.5 Å². The van der Waals surface area contributed by atoms with Crippen LogP contribution in [0, 0.1) is 17.6 Å². The average molecular weight is 446 g/mol. The summed E-state index contributed by atoms with van der Waals surface area (Å²) in [5, 5.41) is 2.84. The van der Waals surface area contributed by atoms with Crippen molar-refractivity contribution in [2.75, 3.05) is 31.6 Å². The van der Waals surface area contributed by atoms with Crippen LogP contribution in [0.25, 0.3) is 0 Å². The van der Waals surface area contributed by atoms with Crippen LogP contribution in [0.5, 0.6) is 5.75 Å². The molecule has 3 rings (SSSR count). The van der Waals surface area contributed by atoms with Crippen LogP contribution in [-0.4, -0.2) is 43.0 Å². The van der Waals surface area contributed by atoms with Gasteiger partial charge in [-0.1, -0.05) is 12.1 Å². The second-order valence-corrected chi connectivity index (χ2v) is 8.04. The Hall–Kier alpha value is -3.00. The first-order valence-electron chi connectivity index (χ1n) is 10.9. The Morgan fingerprint density at radius 3 is 2.47 bits per heavy atom. The summed E-state index contributed by atoms with van der Waals surface area (Å²) in [5.74, 6) is -1.80. The number of rotatable bonds is 10. The molecule has 1 aliphatic rings. The highest BCUT2D eigenvalue weighted by Crippen LogP contribution is 2.19. The lowest BCUT2D eigenvalue weighted by Gasteiger charge is -2.30. The number of hydrogen-bond donors (Lipinski definition) is 2. The predicted molar refractivity (Wildman–Crippen MR) is 118 cm³/mol. The van der Waals surface area contributed by atoms with Crippen LogP contribution in [0.1, 0.15) is 31.2 Å². The summed E-state index contributed by atoms with van der Waals surface area (Å²) in [6, 6.07) is 10.8. The van der Waals surface area contributed by atoms with Crippen molar-refractivity contribution in [1.29, 1.82) is 0 Å². The normalized spacial score (nSPS) is 14.8. The molecule has 1 aliphatic heterocycles. The van der Waals surface area contributed by atoms with E-state index in [1.54, 1.807) is 0 Å². The Morgan fingerprint density at radius 1 is 1.09 bits per heavy atom. The monoisotopic (exact) mass is 445 g/mol. The number of likely N-dealkylation sites (tertiary alicyclic amines) is 1. The summed E-state index contributed by atoms with van der Waals surface area (Å²) in [6.07, 6.45) is 3.18. The molecule has 0 unspecified atom stereocenters. The van der Waals surface area contributed by atoms with Crippen molar-refractivity contribution in [3.8, 4) is 5.75 Å². The summed E-state index contributed by atoms with van der Waals surface area (Å²) >= 11 is 0. The lowest BCUT2D eigenvalue weighted by molar-refractivity contribution is -0.123. The van der Waals surface area contributed by atoms with Gasteiger partial charge in [0.2, 0.25) is 11.8 Å². The van der Waals surface area contributed by atoms with E-state index in [1.165, 1.54) is 11.6 Å². The standard InChI is InChI=1S/C24H29F2N3O3/c25-19-5-8-22(21(26)16-19)32-15-1-2-23(30)28-20-6-3-17(4-7-20)9-12-29-13-10-18(11-14-29)24(27)31/h3-8,16,18H,1-2,9-15H2,(H2,27,31)(H,28,30). The highest BCUT2D eigenvalue weighted by Gasteiger charge is 2.22. The molecule has 0 saturated carbocycles. The second-order valence-electron chi connectivity index (χ2n) is 8.04. The van der Waals surface area contributed by atoms with E-state index in [9.17, 15) is 18.4 Å². The van der Waals surface area contributed by atoms with E-state index >= 15 is 0 Å². The van der Waals surface area contributed by atoms with Crippen LogP contribution in [0.3, 0.4) is 0 Å². The number of carbonyl (C=O) groups is 2. The van der Waals surface area contributed by atoms with Crippen LogP contribution in [0.4, 0.5) is 14.5 Å². The number of halogens is 2. The van der Waals surface area contributed by atoms with Gasteiger partial charge >= 0.3 is 0 Å². The molecule has 172 valence electrons. The van der Waals surface area contributed by atoms with Crippen LogP contribution < -0.4 is 15.8 Å². The highest BCUT2D eigenvalue weighted by atomic mass is 19.1. The molecular weight excluding hydrogens is 416 g/mol. The largest absolute Gasteiger partial charge is 0.491 e. The molecular formula is C24H29F2N3O3. The van der Waals surface area contributed by atoms with E-state index in [2.05, 4.69) is 10.2 Å². The number of amides is 2. The molecule has 0 aromatic heterocycles. The first kappa shape index (κ1) is 23.7. The average Bonchev–Trinajstić information content (AvgIpc) is 2.77. The van der Waals surface area contributed by atoms with Gasteiger partial charge < -0.3 is 20.7 Å². The van der Waals surface area contributed by atoms with Crippen molar-refractivity contribution in [3.05, 3.63) is 59.7 Å². The lowest BCUT2D eigenvalue weighted by Crippen LogP contribution is -2.39. The van der Waals surface area contributed by atoms with Gasteiger partial charge in [0.1, 0.15) is 5.82 Å². The molecule has 0 atom stereocenters.